The van der Waals surface area contributed by atoms with Crippen molar-refractivity contribution in [3.8, 4) is 23.3 Å². The topological polar surface area (TPSA) is 95.2 Å². The molecule has 3 heterocycles. The van der Waals surface area contributed by atoms with Crippen LogP contribution < -0.4 is 9.64 Å². The summed E-state index contributed by atoms with van der Waals surface area (Å²) in [5.74, 6) is -3.55. The van der Waals surface area contributed by atoms with E-state index in [1.165, 1.54) is 36.2 Å². The number of alkyl halides is 3. The lowest BCUT2D eigenvalue weighted by molar-refractivity contribution is -0.139. The molecule has 2 aromatic carbocycles. The van der Waals surface area contributed by atoms with E-state index >= 15 is 4.39 Å². The number of fused-ring (bicyclic) bond motifs is 2. The molecule has 0 unspecified atom stereocenters. The number of ether oxygens (including phenoxy) is 1. The highest BCUT2D eigenvalue weighted by molar-refractivity contribution is 6.36. The van der Waals surface area contributed by atoms with Crippen molar-refractivity contribution in [3.05, 3.63) is 65.6 Å². The molecule has 4 aromatic rings. The monoisotopic (exact) mass is 636 g/mol. The molecule has 44 heavy (non-hydrogen) atoms. The predicted molar refractivity (Wildman–Crippen MR) is 152 cm³/mol. The number of carbonyl (C=O) groups is 1. The highest BCUT2D eigenvalue weighted by atomic mass is 35.5. The molecule has 0 aliphatic carbocycles. The first-order chi connectivity index (χ1) is 20.9. The number of pyridine rings is 1. The van der Waals surface area contributed by atoms with Crippen LogP contribution in [0.1, 0.15) is 13.3 Å². The van der Waals surface area contributed by atoms with Crippen molar-refractivity contribution in [3.63, 3.8) is 0 Å². The molecule has 15 heteroatoms. The molecule has 0 spiro atoms. The number of benzene rings is 2. The van der Waals surface area contributed by atoms with Gasteiger partial charge in [-0.15, -0.1) is 0 Å². The molecule has 1 amide bonds. The van der Waals surface area contributed by atoms with E-state index in [1.807, 2.05) is 0 Å². The van der Waals surface area contributed by atoms with Crippen LogP contribution in [-0.4, -0.2) is 64.7 Å². The number of hydrogen-bond acceptors (Lipinski definition) is 7. The summed E-state index contributed by atoms with van der Waals surface area (Å²) in [6, 6.07) is 8.68. The second kappa shape index (κ2) is 13.3. The summed E-state index contributed by atoms with van der Waals surface area (Å²) in [7, 11) is 0. The number of piperazine rings is 1. The Balaban J connectivity index is 0.00000141. The van der Waals surface area contributed by atoms with Gasteiger partial charge in [-0.2, -0.15) is 28.4 Å². The molecule has 8 nitrogen and oxygen atoms in total. The molecular weight excluding hydrogens is 614 g/mol. The van der Waals surface area contributed by atoms with Gasteiger partial charge in [0.15, 0.2) is 11.6 Å². The first kappa shape index (κ1) is 32.3. The third-order valence-corrected chi connectivity index (χ3v) is 6.92. The third-order valence-electron chi connectivity index (χ3n) is 6.55. The van der Waals surface area contributed by atoms with Crippen LogP contribution in [0.15, 0.2) is 48.9 Å². The number of rotatable bonds is 6. The fourth-order valence-corrected chi connectivity index (χ4v) is 4.85. The van der Waals surface area contributed by atoms with E-state index in [-0.39, 0.29) is 64.6 Å². The van der Waals surface area contributed by atoms with Crippen molar-refractivity contribution in [2.24, 2.45) is 0 Å². The molecule has 2 aromatic heterocycles. The number of nitriles is 1. The van der Waals surface area contributed by atoms with Gasteiger partial charge in [0.05, 0.1) is 22.9 Å². The molecule has 1 aliphatic heterocycles. The second-order valence-electron chi connectivity index (χ2n) is 9.40. The van der Waals surface area contributed by atoms with Crippen molar-refractivity contribution in [2.45, 2.75) is 19.5 Å². The largest absolute Gasteiger partial charge is 0.463 e. The highest BCUT2D eigenvalue weighted by Gasteiger charge is 2.29. The highest BCUT2D eigenvalue weighted by Crippen LogP contribution is 2.38. The first-order valence-electron chi connectivity index (χ1n) is 13.0. The van der Waals surface area contributed by atoms with Crippen LogP contribution in [0.3, 0.4) is 0 Å². The number of carbonyl (C=O) groups excluding carboxylic acids is 1. The third kappa shape index (κ3) is 6.94. The zero-order chi connectivity index (χ0) is 32.2. The number of hydrogen-bond donors (Lipinski definition) is 0. The Kier molecular flexibility index (Phi) is 9.78. The van der Waals surface area contributed by atoms with E-state index < -0.39 is 48.6 Å². The summed E-state index contributed by atoms with van der Waals surface area (Å²) in [6.45, 7) is 4.05. The maximum Gasteiger partial charge on any atom is 0.392 e. The van der Waals surface area contributed by atoms with Crippen LogP contribution >= 0.6 is 11.6 Å². The maximum absolute atomic E-state index is 16.2. The number of anilines is 1. The number of halogens is 7. The van der Waals surface area contributed by atoms with E-state index in [0.29, 0.717) is 5.39 Å². The van der Waals surface area contributed by atoms with Gasteiger partial charge in [0, 0.05) is 50.2 Å². The van der Waals surface area contributed by atoms with Crippen LogP contribution in [0.5, 0.6) is 6.01 Å². The van der Waals surface area contributed by atoms with Crippen LogP contribution in [0.4, 0.5) is 32.2 Å². The fourth-order valence-electron chi connectivity index (χ4n) is 4.57. The molecule has 0 N–H and O–H groups in total. The molecule has 0 saturated carbocycles. The second-order valence-corrected chi connectivity index (χ2v) is 9.78. The van der Waals surface area contributed by atoms with Crippen molar-refractivity contribution >= 4 is 45.0 Å². The molecule has 230 valence electrons. The Hall–Kier alpha value is -4.64. The lowest BCUT2D eigenvalue weighted by atomic mass is 10.0. The number of nitrogens with zero attached hydrogens (tertiary/aromatic N) is 6. The molecule has 0 radical (unpaired) electrons. The SMILES string of the molecule is C=C(F)C(=O)N1CCN(c2nc(OCCC(F)(F)F)nc3c(F)c(-c4cccc5ccc(F)c(Cl)c45)ncc23)CC1.CC#N. The van der Waals surface area contributed by atoms with Crippen LogP contribution in [0.2, 0.25) is 5.02 Å². The van der Waals surface area contributed by atoms with E-state index in [4.69, 9.17) is 21.6 Å². The maximum atomic E-state index is 16.2. The van der Waals surface area contributed by atoms with E-state index in [1.54, 1.807) is 23.1 Å². The van der Waals surface area contributed by atoms with E-state index in [9.17, 15) is 26.7 Å². The zero-order valence-electron chi connectivity index (χ0n) is 23.1. The van der Waals surface area contributed by atoms with E-state index in [0.717, 1.165) is 0 Å². The summed E-state index contributed by atoms with van der Waals surface area (Å²) in [5.41, 5.74) is -0.356. The minimum atomic E-state index is -4.51. The van der Waals surface area contributed by atoms with Gasteiger partial charge in [0.2, 0.25) is 0 Å². The number of amides is 1. The van der Waals surface area contributed by atoms with Crippen molar-refractivity contribution in [2.75, 3.05) is 37.7 Å². The summed E-state index contributed by atoms with van der Waals surface area (Å²) in [4.78, 5) is 27.4. The van der Waals surface area contributed by atoms with Crippen molar-refractivity contribution < 1.29 is 35.9 Å². The van der Waals surface area contributed by atoms with Gasteiger partial charge >= 0.3 is 12.2 Å². The Labute approximate surface area is 252 Å². The summed E-state index contributed by atoms with van der Waals surface area (Å²) < 4.78 is 87.2. The summed E-state index contributed by atoms with van der Waals surface area (Å²) in [6.07, 6.45) is -4.51. The lowest BCUT2D eigenvalue weighted by Crippen LogP contribution is -2.49. The lowest BCUT2D eigenvalue weighted by Gasteiger charge is -2.35. The Morgan fingerprint density at radius 2 is 1.82 bits per heavy atom. The number of aromatic nitrogens is 3. The zero-order valence-corrected chi connectivity index (χ0v) is 23.8. The smallest absolute Gasteiger partial charge is 0.392 e. The van der Waals surface area contributed by atoms with E-state index in [2.05, 4.69) is 21.5 Å². The predicted octanol–water partition coefficient (Wildman–Crippen LogP) is 6.77. The molecule has 5 rings (SSSR count). The standard InChI is InChI=1S/C27H20ClF6N5O2.C2H3N/c1-14(29)25(40)39-10-8-38(9-11-39)24-17-13-35-22(16-4-2-3-15-5-6-18(30)20(28)19(15)16)21(31)23(17)36-26(37-24)41-12-7-27(32,33)34;1-2-3/h2-6,13H,1,7-12H2;1H3. The average Bonchev–Trinajstić information content (AvgIpc) is 2.98. The van der Waals surface area contributed by atoms with Crippen LogP contribution in [0.25, 0.3) is 32.9 Å². The molecule has 1 aliphatic rings. The molecular formula is C29H23ClF6N6O2. The summed E-state index contributed by atoms with van der Waals surface area (Å²) in [5, 5.41) is 7.94. The minimum absolute atomic E-state index is 0.0750. The Morgan fingerprint density at radius 3 is 2.45 bits per heavy atom. The van der Waals surface area contributed by atoms with Gasteiger partial charge in [-0.05, 0) is 11.5 Å². The molecule has 1 saturated heterocycles. The average molecular weight is 637 g/mol. The Morgan fingerprint density at radius 1 is 1.14 bits per heavy atom. The minimum Gasteiger partial charge on any atom is -0.463 e. The molecule has 0 atom stereocenters. The van der Waals surface area contributed by atoms with Gasteiger partial charge in [0.1, 0.15) is 29.5 Å². The van der Waals surface area contributed by atoms with Crippen LogP contribution in [0, 0.1) is 23.0 Å². The molecule has 1 fully saturated rings. The van der Waals surface area contributed by atoms with Gasteiger partial charge in [-0.3, -0.25) is 9.78 Å². The Bertz CT molecular complexity index is 1770. The van der Waals surface area contributed by atoms with Crippen LogP contribution in [-0.2, 0) is 4.79 Å². The van der Waals surface area contributed by atoms with Gasteiger partial charge < -0.3 is 14.5 Å². The molecule has 0 bridgehead atoms. The van der Waals surface area contributed by atoms with Crippen molar-refractivity contribution in [1.29, 1.82) is 5.26 Å². The first-order valence-corrected chi connectivity index (χ1v) is 13.4. The summed E-state index contributed by atoms with van der Waals surface area (Å²) >= 11 is 6.22. The normalized spacial score (nSPS) is 13.3. The quantitative estimate of drug-likeness (QED) is 0.170. The fraction of sp³-hybridized carbons (Fsp3) is 0.276. The van der Waals surface area contributed by atoms with Crippen molar-refractivity contribution in [1.82, 2.24) is 19.9 Å². The van der Waals surface area contributed by atoms with Gasteiger partial charge in [-0.1, -0.05) is 42.4 Å². The van der Waals surface area contributed by atoms with Gasteiger partial charge in [-0.25, -0.2) is 13.2 Å². The van der Waals surface area contributed by atoms with Gasteiger partial charge in [0.25, 0.3) is 5.91 Å².